The van der Waals surface area contributed by atoms with E-state index in [1.165, 1.54) is 15.7 Å². The van der Waals surface area contributed by atoms with Gasteiger partial charge in [-0.15, -0.1) is 0 Å². The van der Waals surface area contributed by atoms with Crippen LogP contribution in [0.3, 0.4) is 0 Å². The maximum atomic E-state index is 12.5. The molecule has 0 saturated carbocycles. The van der Waals surface area contributed by atoms with Gasteiger partial charge in [-0.3, -0.25) is 4.79 Å². The van der Waals surface area contributed by atoms with Crippen LogP contribution in [0.1, 0.15) is 25.7 Å². The van der Waals surface area contributed by atoms with Gasteiger partial charge in [0, 0.05) is 25.7 Å². The van der Waals surface area contributed by atoms with Crippen molar-refractivity contribution in [2.24, 2.45) is 5.92 Å². The van der Waals surface area contributed by atoms with E-state index < -0.39 is 10.2 Å². The quantitative estimate of drug-likeness (QED) is 0.712. The Bertz CT molecular complexity index is 445. The van der Waals surface area contributed by atoms with Crippen LogP contribution in [0.25, 0.3) is 0 Å². The molecule has 0 aromatic heterocycles. The van der Waals surface area contributed by atoms with E-state index in [9.17, 15) is 18.3 Å². The number of carbonyl (C=O) groups excluding carboxylic acids is 1. The average molecular weight is 306 g/mol. The number of ether oxygens (including phenoxy) is 1. The molecule has 2 aliphatic heterocycles. The minimum Gasteiger partial charge on any atom is -0.469 e. The minimum atomic E-state index is -3.52. The number of piperidine rings is 1. The third-order valence-electron chi connectivity index (χ3n) is 4.14. The number of hydrogen-bond acceptors (Lipinski definition) is 5. The molecule has 2 rings (SSSR count). The predicted octanol–water partition coefficient (Wildman–Crippen LogP) is -0.427. The largest absolute Gasteiger partial charge is 0.469 e. The molecule has 2 heterocycles. The van der Waals surface area contributed by atoms with Crippen molar-refractivity contribution in [1.29, 1.82) is 0 Å². The summed E-state index contributed by atoms with van der Waals surface area (Å²) in [7, 11) is -2.18. The lowest BCUT2D eigenvalue weighted by atomic mass is 9.99. The molecule has 116 valence electrons. The standard InChI is InChI=1S/C12H22N2O5S/c1-19-12(16)10-4-7-13(8-5-10)20(17,18)14-6-2-3-11(14)9-15/h10-11,15H,2-9H2,1H3/t11-/m0/s1. The summed E-state index contributed by atoms with van der Waals surface area (Å²) in [6, 6.07) is -0.307. The first kappa shape index (κ1) is 15.7. The zero-order valence-corrected chi connectivity index (χ0v) is 12.5. The van der Waals surface area contributed by atoms with Crippen molar-refractivity contribution < 1.29 is 23.1 Å². The Morgan fingerprint density at radius 3 is 2.45 bits per heavy atom. The van der Waals surface area contributed by atoms with Gasteiger partial charge in [0.1, 0.15) is 0 Å². The molecule has 0 aromatic rings. The maximum absolute atomic E-state index is 12.5. The van der Waals surface area contributed by atoms with E-state index in [1.807, 2.05) is 0 Å². The van der Waals surface area contributed by atoms with E-state index >= 15 is 0 Å². The Hall–Kier alpha value is -0.700. The number of esters is 1. The van der Waals surface area contributed by atoms with Crippen LogP contribution in [0.4, 0.5) is 0 Å². The summed E-state index contributed by atoms with van der Waals surface area (Å²) in [5, 5.41) is 9.26. The lowest BCUT2D eigenvalue weighted by Gasteiger charge is -2.34. The van der Waals surface area contributed by atoms with Crippen LogP contribution in [-0.2, 0) is 19.7 Å². The zero-order valence-electron chi connectivity index (χ0n) is 11.7. The fourth-order valence-corrected chi connectivity index (χ4v) is 4.81. The lowest BCUT2D eigenvalue weighted by Crippen LogP contribution is -2.50. The molecule has 2 aliphatic rings. The van der Waals surface area contributed by atoms with Crippen LogP contribution in [0.15, 0.2) is 0 Å². The fourth-order valence-electron chi connectivity index (χ4n) is 2.93. The summed E-state index contributed by atoms with van der Waals surface area (Å²) < 4.78 is 32.6. The second-order valence-corrected chi connectivity index (χ2v) is 7.17. The van der Waals surface area contributed by atoms with Crippen LogP contribution < -0.4 is 0 Å². The van der Waals surface area contributed by atoms with Gasteiger partial charge in [-0.2, -0.15) is 17.0 Å². The zero-order chi connectivity index (χ0) is 14.8. The van der Waals surface area contributed by atoms with E-state index in [2.05, 4.69) is 0 Å². The number of methoxy groups -OCH3 is 1. The molecule has 0 aliphatic carbocycles. The highest BCUT2D eigenvalue weighted by atomic mass is 32.2. The molecule has 7 nitrogen and oxygen atoms in total. The molecule has 20 heavy (non-hydrogen) atoms. The number of nitrogens with zero attached hydrogens (tertiary/aromatic N) is 2. The van der Waals surface area contributed by atoms with E-state index in [1.54, 1.807) is 0 Å². The summed E-state index contributed by atoms with van der Waals surface area (Å²) in [5.74, 6) is -0.477. The van der Waals surface area contributed by atoms with Gasteiger partial charge in [-0.25, -0.2) is 0 Å². The van der Waals surface area contributed by atoms with E-state index in [4.69, 9.17) is 4.74 Å². The fraction of sp³-hybridized carbons (Fsp3) is 0.917. The first-order valence-electron chi connectivity index (χ1n) is 6.96. The molecule has 1 N–H and O–H groups in total. The molecule has 2 fully saturated rings. The summed E-state index contributed by atoms with van der Waals surface area (Å²) in [4.78, 5) is 11.4. The maximum Gasteiger partial charge on any atom is 0.308 e. The van der Waals surface area contributed by atoms with Gasteiger partial charge in [-0.05, 0) is 25.7 Å². The molecule has 0 radical (unpaired) electrons. The Balaban J connectivity index is 2.00. The third-order valence-corrected chi connectivity index (χ3v) is 6.24. The molecule has 0 unspecified atom stereocenters. The van der Waals surface area contributed by atoms with Crippen LogP contribution in [0.2, 0.25) is 0 Å². The van der Waals surface area contributed by atoms with Gasteiger partial charge in [-0.1, -0.05) is 0 Å². The van der Waals surface area contributed by atoms with Gasteiger partial charge in [0.05, 0.1) is 19.6 Å². The molecular weight excluding hydrogens is 284 g/mol. The van der Waals surface area contributed by atoms with Gasteiger partial charge in [0.2, 0.25) is 0 Å². The Morgan fingerprint density at radius 1 is 1.25 bits per heavy atom. The average Bonchev–Trinajstić information content (AvgIpc) is 2.95. The van der Waals surface area contributed by atoms with Crippen molar-refractivity contribution >= 4 is 16.2 Å². The van der Waals surface area contributed by atoms with Crippen LogP contribution in [0, 0.1) is 5.92 Å². The van der Waals surface area contributed by atoms with Crippen molar-refractivity contribution in [3.8, 4) is 0 Å². The molecule has 8 heteroatoms. The SMILES string of the molecule is COC(=O)C1CCN(S(=O)(=O)N2CCC[C@H]2CO)CC1. The monoisotopic (exact) mass is 306 g/mol. The number of hydrogen-bond donors (Lipinski definition) is 1. The van der Waals surface area contributed by atoms with Crippen molar-refractivity contribution in [2.75, 3.05) is 33.4 Å². The first-order chi connectivity index (χ1) is 9.50. The molecule has 0 amide bonds. The van der Waals surface area contributed by atoms with Crippen LogP contribution in [-0.4, -0.2) is 67.5 Å². The predicted molar refractivity (Wildman–Crippen MR) is 72.0 cm³/mol. The van der Waals surface area contributed by atoms with Gasteiger partial charge < -0.3 is 9.84 Å². The highest BCUT2D eigenvalue weighted by Gasteiger charge is 2.39. The Morgan fingerprint density at radius 2 is 1.90 bits per heavy atom. The number of aliphatic hydroxyl groups excluding tert-OH is 1. The van der Waals surface area contributed by atoms with Crippen molar-refractivity contribution in [1.82, 2.24) is 8.61 Å². The summed E-state index contributed by atoms with van der Waals surface area (Å²) in [6.07, 6.45) is 2.46. The lowest BCUT2D eigenvalue weighted by molar-refractivity contribution is -0.146. The normalized spacial score (nSPS) is 26.8. The van der Waals surface area contributed by atoms with E-state index in [0.717, 1.165) is 6.42 Å². The van der Waals surface area contributed by atoms with Crippen LogP contribution >= 0.6 is 0 Å². The van der Waals surface area contributed by atoms with Crippen LogP contribution in [0.5, 0.6) is 0 Å². The van der Waals surface area contributed by atoms with Gasteiger partial charge in [0.25, 0.3) is 10.2 Å². The number of rotatable bonds is 4. The second kappa shape index (κ2) is 6.38. The highest BCUT2D eigenvalue weighted by Crippen LogP contribution is 2.27. The molecule has 0 bridgehead atoms. The summed E-state index contributed by atoms with van der Waals surface area (Å²) in [5.41, 5.74) is 0. The topological polar surface area (TPSA) is 87.2 Å². The van der Waals surface area contributed by atoms with Crippen molar-refractivity contribution in [2.45, 2.75) is 31.7 Å². The second-order valence-electron chi connectivity index (χ2n) is 5.29. The molecule has 2 saturated heterocycles. The molecule has 0 spiro atoms. The summed E-state index contributed by atoms with van der Waals surface area (Å²) in [6.45, 7) is 0.982. The number of carbonyl (C=O) groups is 1. The number of aliphatic hydroxyl groups is 1. The molecule has 0 aromatic carbocycles. The van der Waals surface area contributed by atoms with Crippen molar-refractivity contribution in [3.05, 3.63) is 0 Å². The Labute approximate surface area is 119 Å². The Kier molecular flexibility index (Phi) is 5.00. The molecule has 1 atom stereocenters. The van der Waals surface area contributed by atoms with Crippen molar-refractivity contribution in [3.63, 3.8) is 0 Å². The third kappa shape index (κ3) is 2.98. The molecular formula is C12H22N2O5S. The smallest absolute Gasteiger partial charge is 0.308 e. The first-order valence-corrected chi connectivity index (χ1v) is 8.36. The van der Waals surface area contributed by atoms with E-state index in [0.29, 0.717) is 38.9 Å². The minimum absolute atomic E-state index is 0.141. The van der Waals surface area contributed by atoms with Gasteiger partial charge >= 0.3 is 5.97 Å². The van der Waals surface area contributed by atoms with E-state index in [-0.39, 0.29) is 24.5 Å². The summed E-state index contributed by atoms with van der Waals surface area (Å²) >= 11 is 0. The highest BCUT2D eigenvalue weighted by molar-refractivity contribution is 7.86. The van der Waals surface area contributed by atoms with Gasteiger partial charge in [0.15, 0.2) is 0 Å².